The maximum Gasteiger partial charge on any atom is 0.233 e. The summed E-state index contributed by atoms with van der Waals surface area (Å²) in [6, 6.07) is 12.5. The quantitative estimate of drug-likeness (QED) is 0.471. The zero-order chi connectivity index (χ0) is 20.4. The Hall–Kier alpha value is -3.06. The van der Waals surface area contributed by atoms with Crippen LogP contribution in [-0.4, -0.2) is 27.2 Å². The fourth-order valence-corrected chi connectivity index (χ4v) is 4.25. The van der Waals surface area contributed by atoms with Crippen LogP contribution in [0.25, 0.3) is 10.2 Å². The molecular formula is C22H21FN4OS. The predicted molar refractivity (Wildman–Crippen MR) is 114 cm³/mol. The zero-order valence-electron chi connectivity index (χ0n) is 16.3. The van der Waals surface area contributed by atoms with Gasteiger partial charge in [-0.1, -0.05) is 35.1 Å². The van der Waals surface area contributed by atoms with Crippen LogP contribution in [0.2, 0.25) is 0 Å². The van der Waals surface area contributed by atoms with Crippen LogP contribution in [0.3, 0.4) is 0 Å². The van der Waals surface area contributed by atoms with Crippen molar-refractivity contribution in [1.82, 2.24) is 14.8 Å². The van der Waals surface area contributed by atoms with Gasteiger partial charge in [0.05, 0.1) is 23.2 Å². The van der Waals surface area contributed by atoms with E-state index in [0.29, 0.717) is 23.7 Å². The molecule has 0 atom stereocenters. The monoisotopic (exact) mass is 408 g/mol. The number of benzene rings is 2. The van der Waals surface area contributed by atoms with Crippen molar-refractivity contribution in [2.45, 2.75) is 26.8 Å². The summed E-state index contributed by atoms with van der Waals surface area (Å²) in [6.07, 6.45) is 3.86. The Labute approximate surface area is 172 Å². The zero-order valence-corrected chi connectivity index (χ0v) is 17.1. The van der Waals surface area contributed by atoms with Gasteiger partial charge in [-0.3, -0.25) is 14.4 Å². The van der Waals surface area contributed by atoms with Gasteiger partial charge in [0, 0.05) is 18.9 Å². The fourth-order valence-electron chi connectivity index (χ4n) is 3.21. The van der Waals surface area contributed by atoms with Crippen molar-refractivity contribution in [3.63, 3.8) is 0 Å². The highest BCUT2D eigenvalue weighted by atomic mass is 32.1. The molecule has 148 valence electrons. The molecule has 0 aliphatic heterocycles. The molecule has 0 saturated carbocycles. The van der Waals surface area contributed by atoms with Gasteiger partial charge < -0.3 is 0 Å². The molecule has 1 amide bonds. The first-order valence-corrected chi connectivity index (χ1v) is 10.2. The van der Waals surface area contributed by atoms with Crippen molar-refractivity contribution in [1.29, 1.82) is 0 Å². The number of amides is 1. The van der Waals surface area contributed by atoms with Crippen LogP contribution in [0.5, 0.6) is 0 Å². The van der Waals surface area contributed by atoms with Crippen LogP contribution >= 0.6 is 11.3 Å². The Kier molecular flexibility index (Phi) is 5.40. The number of halogens is 1. The van der Waals surface area contributed by atoms with Gasteiger partial charge in [-0.05, 0) is 49.2 Å². The first kappa shape index (κ1) is 19.3. The molecule has 0 radical (unpaired) electrons. The fraction of sp³-hybridized carbons (Fsp3) is 0.227. The number of hydrogen-bond donors (Lipinski definition) is 0. The van der Waals surface area contributed by atoms with Gasteiger partial charge in [-0.2, -0.15) is 5.10 Å². The molecule has 0 bridgehead atoms. The van der Waals surface area contributed by atoms with Crippen LogP contribution in [0.15, 0.2) is 54.9 Å². The average molecular weight is 409 g/mol. The van der Waals surface area contributed by atoms with Gasteiger partial charge in [-0.25, -0.2) is 9.37 Å². The predicted octanol–water partition coefficient (Wildman–Crippen LogP) is 4.52. The van der Waals surface area contributed by atoms with Crippen LogP contribution in [0, 0.1) is 19.7 Å². The van der Waals surface area contributed by atoms with Gasteiger partial charge in [0.15, 0.2) is 5.13 Å². The molecule has 29 heavy (non-hydrogen) atoms. The SMILES string of the molecule is Cc1ccc(C)c(CC(=O)N(CCn2cccn2)c2nc3ccc(F)cc3s2)c1. The summed E-state index contributed by atoms with van der Waals surface area (Å²) in [5, 5.41) is 4.79. The lowest BCUT2D eigenvalue weighted by molar-refractivity contribution is -0.118. The van der Waals surface area contributed by atoms with Crippen molar-refractivity contribution in [2.24, 2.45) is 0 Å². The number of carbonyl (C=O) groups is 1. The van der Waals surface area contributed by atoms with Gasteiger partial charge >= 0.3 is 0 Å². The Morgan fingerprint density at radius 1 is 1.21 bits per heavy atom. The summed E-state index contributed by atoms with van der Waals surface area (Å²) in [6.45, 7) is 5.02. The lowest BCUT2D eigenvalue weighted by Gasteiger charge is -2.20. The molecule has 0 aliphatic carbocycles. The highest BCUT2D eigenvalue weighted by molar-refractivity contribution is 7.22. The molecule has 2 heterocycles. The largest absolute Gasteiger partial charge is 0.286 e. The molecule has 2 aromatic heterocycles. The minimum absolute atomic E-state index is 0.0367. The van der Waals surface area contributed by atoms with E-state index in [-0.39, 0.29) is 18.1 Å². The normalized spacial score (nSPS) is 11.1. The lowest BCUT2D eigenvalue weighted by Crippen LogP contribution is -2.35. The van der Waals surface area contributed by atoms with Crippen LogP contribution in [0.4, 0.5) is 9.52 Å². The van der Waals surface area contributed by atoms with E-state index in [2.05, 4.69) is 10.1 Å². The number of aryl methyl sites for hydroxylation is 2. The minimum Gasteiger partial charge on any atom is -0.286 e. The van der Waals surface area contributed by atoms with Crippen molar-refractivity contribution in [3.8, 4) is 0 Å². The second-order valence-electron chi connectivity index (χ2n) is 7.03. The second kappa shape index (κ2) is 8.13. The number of aromatic nitrogens is 3. The molecule has 0 spiro atoms. The Balaban J connectivity index is 1.64. The van der Waals surface area contributed by atoms with Crippen molar-refractivity contribution in [2.75, 3.05) is 11.4 Å². The average Bonchev–Trinajstić information content (AvgIpc) is 3.34. The van der Waals surface area contributed by atoms with Crippen molar-refractivity contribution < 1.29 is 9.18 Å². The number of carbonyl (C=O) groups excluding carboxylic acids is 1. The summed E-state index contributed by atoms with van der Waals surface area (Å²) in [5.74, 6) is -0.345. The van der Waals surface area contributed by atoms with E-state index in [4.69, 9.17) is 0 Å². The third-order valence-electron chi connectivity index (χ3n) is 4.83. The van der Waals surface area contributed by atoms with E-state index < -0.39 is 0 Å². The number of hydrogen-bond acceptors (Lipinski definition) is 4. The first-order valence-electron chi connectivity index (χ1n) is 9.39. The molecule has 0 unspecified atom stereocenters. The molecule has 0 N–H and O–H groups in total. The third kappa shape index (κ3) is 4.35. The topological polar surface area (TPSA) is 51.0 Å². The molecule has 0 saturated heterocycles. The Bertz CT molecular complexity index is 1150. The number of nitrogens with zero attached hydrogens (tertiary/aromatic N) is 4. The summed E-state index contributed by atoms with van der Waals surface area (Å²) >= 11 is 1.33. The van der Waals surface area contributed by atoms with Gasteiger partial charge in [0.2, 0.25) is 5.91 Å². The number of thiazole rings is 1. The minimum atomic E-state index is -0.308. The molecular weight excluding hydrogens is 387 g/mol. The molecule has 0 aliphatic rings. The molecule has 5 nitrogen and oxygen atoms in total. The van der Waals surface area contributed by atoms with E-state index in [1.54, 1.807) is 21.8 Å². The van der Waals surface area contributed by atoms with E-state index in [9.17, 15) is 9.18 Å². The number of fused-ring (bicyclic) bond motifs is 1. The number of anilines is 1. The van der Waals surface area contributed by atoms with E-state index in [1.165, 1.54) is 23.5 Å². The summed E-state index contributed by atoms with van der Waals surface area (Å²) in [4.78, 5) is 19.5. The van der Waals surface area contributed by atoms with E-state index in [1.807, 2.05) is 44.3 Å². The first-order chi connectivity index (χ1) is 14.0. The maximum absolute atomic E-state index is 13.6. The highest BCUT2D eigenvalue weighted by Crippen LogP contribution is 2.30. The van der Waals surface area contributed by atoms with Gasteiger partial charge in [-0.15, -0.1) is 0 Å². The molecule has 4 rings (SSSR count). The molecule has 2 aromatic carbocycles. The third-order valence-corrected chi connectivity index (χ3v) is 5.87. The highest BCUT2D eigenvalue weighted by Gasteiger charge is 2.21. The summed E-state index contributed by atoms with van der Waals surface area (Å²) in [5.41, 5.74) is 3.90. The molecule has 0 fully saturated rings. The lowest BCUT2D eigenvalue weighted by atomic mass is 10.0. The van der Waals surface area contributed by atoms with Crippen molar-refractivity contribution in [3.05, 3.63) is 77.4 Å². The molecule has 7 heteroatoms. The van der Waals surface area contributed by atoms with Crippen LogP contribution in [-0.2, 0) is 17.8 Å². The second-order valence-corrected chi connectivity index (χ2v) is 8.04. The van der Waals surface area contributed by atoms with Gasteiger partial charge in [0.25, 0.3) is 0 Å². The Morgan fingerprint density at radius 3 is 2.86 bits per heavy atom. The standard InChI is InChI=1S/C22H21FN4OS/c1-15-4-5-16(2)17(12-15)13-21(28)27(11-10-26-9-3-8-24-26)22-25-19-7-6-18(23)14-20(19)29-22/h3-9,12,14H,10-11,13H2,1-2H3. The van der Waals surface area contributed by atoms with Gasteiger partial charge in [0.1, 0.15) is 5.82 Å². The van der Waals surface area contributed by atoms with E-state index >= 15 is 0 Å². The van der Waals surface area contributed by atoms with E-state index in [0.717, 1.165) is 21.4 Å². The molecule has 4 aromatic rings. The number of rotatable bonds is 6. The maximum atomic E-state index is 13.6. The van der Waals surface area contributed by atoms with Crippen molar-refractivity contribution >= 4 is 32.6 Å². The summed E-state index contributed by atoms with van der Waals surface area (Å²) in [7, 11) is 0. The Morgan fingerprint density at radius 2 is 2.07 bits per heavy atom. The van der Waals surface area contributed by atoms with Crippen LogP contribution in [0.1, 0.15) is 16.7 Å². The summed E-state index contributed by atoms with van der Waals surface area (Å²) < 4.78 is 16.1. The van der Waals surface area contributed by atoms with Crippen LogP contribution < -0.4 is 4.90 Å². The smallest absolute Gasteiger partial charge is 0.233 e.